The maximum Gasteiger partial charge on any atom is 0.345 e. The van der Waals surface area contributed by atoms with Gasteiger partial charge in [-0.05, 0) is 31.2 Å². The summed E-state index contributed by atoms with van der Waals surface area (Å²) in [7, 11) is 0. The first-order chi connectivity index (χ1) is 11.9. The molecule has 0 spiro atoms. The van der Waals surface area contributed by atoms with E-state index >= 15 is 0 Å². The van der Waals surface area contributed by atoms with Crippen LogP contribution in [-0.2, 0) is 6.54 Å². The first-order valence-electron chi connectivity index (χ1n) is 7.22. The topological polar surface area (TPSA) is 87.3 Å². The average molecular weight is 380 g/mol. The smallest absolute Gasteiger partial charge is 0.345 e. The average Bonchev–Trinajstić information content (AvgIpc) is 2.91. The summed E-state index contributed by atoms with van der Waals surface area (Å²) >= 11 is 11.8. The highest BCUT2D eigenvalue weighted by Gasteiger charge is 2.19. The normalized spacial score (nSPS) is 10.8. The molecule has 2 aromatic carbocycles. The summed E-state index contributed by atoms with van der Waals surface area (Å²) < 4.78 is 6.92. The molecule has 3 aromatic rings. The van der Waals surface area contributed by atoms with Crippen LogP contribution >= 0.6 is 23.2 Å². The van der Waals surface area contributed by atoms with Gasteiger partial charge in [0.25, 0.3) is 5.69 Å². The Hall–Kier alpha value is -2.64. The van der Waals surface area contributed by atoms with Crippen LogP contribution in [0.25, 0.3) is 10.9 Å². The van der Waals surface area contributed by atoms with Gasteiger partial charge in [-0.1, -0.05) is 23.2 Å². The number of non-ortho nitro benzene ring substituents is 1. The number of nitrogens with zero attached hydrogens (tertiary/aromatic N) is 3. The summed E-state index contributed by atoms with van der Waals surface area (Å²) in [5, 5.41) is 16.2. The third kappa shape index (κ3) is 3.42. The maximum atomic E-state index is 12.4. The third-order valence-electron chi connectivity index (χ3n) is 3.50. The fourth-order valence-corrected chi connectivity index (χ4v) is 2.91. The second-order valence-electron chi connectivity index (χ2n) is 5.13. The van der Waals surface area contributed by atoms with Gasteiger partial charge in [0.15, 0.2) is 0 Å². The lowest BCUT2D eigenvalue weighted by molar-refractivity contribution is -0.384. The van der Waals surface area contributed by atoms with Gasteiger partial charge < -0.3 is 4.74 Å². The molecule has 0 saturated heterocycles. The molecule has 0 bridgehead atoms. The van der Waals surface area contributed by atoms with E-state index < -0.39 is 10.9 Å². The van der Waals surface area contributed by atoms with Crippen molar-refractivity contribution in [3.63, 3.8) is 0 Å². The van der Waals surface area contributed by atoms with Crippen molar-refractivity contribution in [2.45, 2.75) is 13.5 Å². The SMILES string of the molecule is CCn1nc(OC(=O)c2cc(Cl)cc(Cl)c2)c2cc([N+](=O)[O-])ccc21. The molecule has 3 rings (SSSR count). The van der Waals surface area contributed by atoms with Crippen LogP contribution in [0.4, 0.5) is 5.69 Å². The molecule has 0 amide bonds. The lowest BCUT2D eigenvalue weighted by Crippen LogP contribution is -2.09. The van der Waals surface area contributed by atoms with Crippen LogP contribution in [0.3, 0.4) is 0 Å². The second kappa shape index (κ2) is 6.70. The molecule has 1 aromatic heterocycles. The van der Waals surface area contributed by atoms with Crippen LogP contribution in [-0.4, -0.2) is 20.7 Å². The molecular weight excluding hydrogens is 369 g/mol. The fourth-order valence-electron chi connectivity index (χ4n) is 2.39. The molecule has 9 heteroatoms. The van der Waals surface area contributed by atoms with Crippen molar-refractivity contribution in [1.29, 1.82) is 0 Å². The number of esters is 1. The number of carbonyl (C=O) groups excluding carboxylic acids is 1. The lowest BCUT2D eigenvalue weighted by Gasteiger charge is -2.03. The Kier molecular flexibility index (Phi) is 4.61. The van der Waals surface area contributed by atoms with Crippen LogP contribution in [0.1, 0.15) is 17.3 Å². The number of aryl methyl sites for hydroxylation is 1. The van der Waals surface area contributed by atoms with E-state index in [4.69, 9.17) is 27.9 Å². The molecule has 128 valence electrons. The molecular formula is C16H11Cl2N3O4. The van der Waals surface area contributed by atoms with Crippen molar-refractivity contribution >= 4 is 45.8 Å². The van der Waals surface area contributed by atoms with Crippen molar-refractivity contribution in [3.8, 4) is 5.88 Å². The van der Waals surface area contributed by atoms with E-state index in [-0.39, 0.29) is 17.1 Å². The highest BCUT2D eigenvalue weighted by atomic mass is 35.5. The fraction of sp³-hybridized carbons (Fsp3) is 0.125. The standard InChI is InChI=1S/C16H11Cl2N3O4/c1-2-20-14-4-3-12(21(23)24)8-13(14)15(19-20)25-16(22)9-5-10(17)7-11(18)6-9/h3-8H,2H2,1H3. The van der Waals surface area contributed by atoms with Crippen LogP contribution in [0.5, 0.6) is 5.88 Å². The van der Waals surface area contributed by atoms with Crippen LogP contribution in [0.2, 0.25) is 10.0 Å². The highest BCUT2D eigenvalue weighted by molar-refractivity contribution is 6.35. The summed E-state index contributed by atoms with van der Waals surface area (Å²) in [6, 6.07) is 8.58. The number of hydrogen-bond donors (Lipinski definition) is 0. The quantitative estimate of drug-likeness (QED) is 0.378. The molecule has 1 heterocycles. The summed E-state index contributed by atoms with van der Waals surface area (Å²) in [6.07, 6.45) is 0. The van der Waals surface area contributed by atoms with Gasteiger partial charge in [0.05, 0.1) is 21.4 Å². The van der Waals surface area contributed by atoms with E-state index in [1.165, 1.54) is 30.3 Å². The predicted octanol–water partition coefficient (Wildman–Crippen LogP) is 4.49. The van der Waals surface area contributed by atoms with Crippen LogP contribution in [0.15, 0.2) is 36.4 Å². The zero-order valence-corrected chi connectivity index (χ0v) is 14.4. The van der Waals surface area contributed by atoms with Crippen molar-refractivity contribution in [2.24, 2.45) is 0 Å². The number of fused-ring (bicyclic) bond motifs is 1. The number of aromatic nitrogens is 2. The minimum absolute atomic E-state index is 0.0124. The molecule has 0 N–H and O–H groups in total. The van der Waals surface area contributed by atoms with Gasteiger partial charge in [0, 0.05) is 28.7 Å². The molecule has 0 fully saturated rings. The Morgan fingerprint density at radius 2 is 1.92 bits per heavy atom. The van der Waals surface area contributed by atoms with Gasteiger partial charge >= 0.3 is 5.97 Å². The number of halogens is 2. The van der Waals surface area contributed by atoms with Gasteiger partial charge in [-0.3, -0.25) is 14.8 Å². The molecule has 0 saturated carbocycles. The molecule has 0 aliphatic heterocycles. The van der Waals surface area contributed by atoms with Crippen LogP contribution < -0.4 is 4.74 Å². The Bertz CT molecular complexity index is 980. The Morgan fingerprint density at radius 1 is 1.24 bits per heavy atom. The highest BCUT2D eigenvalue weighted by Crippen LogP contribution is 2.30. The molecule has 7 nitrogen and oxygen atoms in total. The monoisotopic (exact) mass is 379 g/mol. The van der Waals surface area contributed by atoms with Crippen molar-refractivity contribution in [1.82, 2.24) is 9.78 Å². The number of nitro groups is 1. The van der Waals surface area contributed by atoms with E-state index in [0.717, 1.165) is 0 Å². The first-order valence-corrected chi connectivity index (χ1v) is 7.98. The van der Waals surface area contributed by atoms with Gasteiger partial charge in [-0.2, -0.15) is 0 Å². The first kappa shape index (κ1) is 17.2. The van der Waals surface area contributed by atoms with E-state index in [9.17, 15) is 14.9 Å². The second-order valence-corrected chi connectivity index (χ2v) is 6.00. The maximum absolute atomic E-state index is 12.4. The third-order valence-corrected chi connectivity index (χ3v) is 3.93. The van der Waals surface area contributed by atoms with Gasteiger partial charge in [0.2, 0.25) is 5.88 Å². The van der Waals surface area contributed by atoms with E-state index in [1.807, 2.05) is 6.92 Å². The molecule has 0 aliphatic rings. The molecule has 25 heavy (non-hydrogen) atoms. The minimum Gasteiger partial charge on any atom is -0.402 e. The predicted molar refractivity (Wildman–Crippen MR) is 93.5 cm³/mol. The number of rotatable bonds is 4. The van der Waals surface area contributed by atoms with Gasteiger partial charge in [0.1, 0.15) is 0 Å². The Labute approximate surface area is 151 Å². The lowest BCUT2D eigenvalue weighted by atomic mass is 10.2. The number of benzene rings is 2. The molecule has 0 radical (unpaired) electrons. The van der Waals surface area contributed by atoms with Crippen LogP contribution in [0, 0.1) is 10.1 Å². The van der Waals surface area contributed by atoms with Gasteiger partial charge in [-0.25, -0.2) is 4.79 Å². The number of carbonyl (C=O) groups is 1. The summed E-state index contributed by atoms with van der Waals surface area (Å²) in [5.74, 6) is -0.722. The number of hydrogen-bond acceptors (Lipinski definition) is 5. The molecule has 0 atom stereocenters. The van der Waals surface area contributed by atoms with E-state index in [1.54, 1.807) is 10.7 Å². The van der Waals surface area contributed by atoms with Crippen molar-refractivity contribution in [2.75, 3.05) is 0 Å². The van der Waals surface area contributed by atoms with E-state index in [0.29, 0.717) is 27.5 Å². The Balaban J connectivity index is 2.04. The van der Waals surface area contributed by atoms with Gasteiger partial charge in [-0.15, -0.1) is 5.10 Å². The largest absolute Gasteiger partial charge is 0.402 e. The summed E-state index contributed by atoms with van der Waals surface area (Å²) in [6.45, 7) is 2.37. The Morgan fingerprint density at radius 3 is 2.52 bits per heavy atom. The number of nitro benzene ring substituents is 1. The molecule has 0 aliphatic carbocycles. The van der Waals surface area contributed by atoms with Crippen molar-refractivity contribution < 1.29 is 14.5 Å². The zero-order valence-electron chi connectivity index (χ0n) is 12.9. The zero-order chi connectivity index (χ0) is 18.1. The summed E-state index contributed by atoms with van der Waals surface area (Å²) in [5.41, 5.74) is 0.661. The molecule has 0 unspecified atom stereocenters. The summed E-state index contributed by atoms with van der Waals surface area (Å²) in [4.78, 5) is 22.8. The van der Waals surface area contributed by atoms with E-state index in [2.05, 4.69) is 5.10 Å². The number of ether oxygens (including phenoxy) is 1. The minimum atomic E-state index is -0.710. The van der Waals surface area contributed by atoms with Crippen molar-refractivity contribution in [3.05, 3.63) is 62.1 Å².